The van der Waals surface area contributed by atoms with Gasteiger partial charge in [0.15, 0.2) is 6.61 Å². The third-order valence-corrected chi connectivity index (χ3v) is 6.85. The van der Waals surface area contributed by atoms with Crippen LogP contribution in [0.5, 0.6) is 5.88 Å². The topological polar surface area (TPSA) is 87.2 Å². The van der Waals surface area contributed by atoms with Crippen LogP contribution >= 0.6 is 0 Å². The number of hydrogen-bond donors (Lipinski definition) is 1. The first-order chi connectivity index (χ1) is 16.1. The van der Waals surface area contributed by atoms with E-state index in [0.29, 0.717) is 16.9 Å². The van der Waals surface area contributed by atoms with E-state index in [1.807, 2.05) is 0 Å². The number of ether oxygens (including phenoxy) is 1. The Morgan fingerprint density at radius 1 is 1.26 bits per heavy atom. The molecule has 0 aromatic carbocycles. The molecule has 3 heterocycles. The minimum atomic E-state index is -4.45. The molecule has 34 heavy (non-hydrogen) atoms. The lowest BCUT2D eigenvalue weighted by Crippen LogP contribution is -2.39. The smallest absolute Gasteiger partial charge is 0.422 e. The van der Waals surface area contributed by atoms with Crippen molar-refractivity contribution in [2.24, 2.45) is 5.92 Å². The van der Waals surface area contributed by atoms with Gasteiger partial charge >= 0.3 is 6.18 Å². The second kappa shape index (κ2) is 9.50. The predicted molar refractivity (Wildman–Crippen MR) is 119 cm³/mol. The summed E-state index contributed by atoms with van der Waals surface area (Å²) in [7, 11) is 0. The van der Waals surface area contributed by atoms with Crippen LogP contribution in [-0.4, -0.2) is 33.3 Å². The number of rotatable bonds is 6. The van der Waals surface area contributed by atoms with Gasteiger partial charge in [0.05, 0.1) is 5.56 Å². The number of halogens is 3. The van der Waals surface area contributed by atoms with Crippen LogP contribution in [0.1, 0.15) is 67.3 Å². The fourth-order valence-corrected chi connectivity index (χ4v) is 4.82. The lowest BCUT2D eigenvalue weighted by Gasteiger charge is -2.44. The molecule has 1 saturated carbocycles. The third kappa shape index (κ3) is 5.33. The molecule has 1 amide bonds. The van der Waals surface area contributed by atoms with Crippen LogP contribution in [0.25, 0.3) is 0 Å². The minimum Gasteiger partial charge on any atom is -0.632 e. The number of nitrogens with one attached hydrogen (secondary N) is 1. The molecule has 184 valence electrons. The van der Waals surface area contributed by atoms with E-state index in [4.69, 9.17) is 4.74 Å². The number of nitrogens with zero attached hydrogens (tertiary/aromatic N) is 3. The molecule has 2 aromatic heterocycles. The van der Waals surface area contributed by atoms with E-state index in [9.17, 15) is 23.2 Å². The summed E-state index contributed by atoms with van der Waals surface area (Å²) in [5.41, 5.74) is 2.62. The quantitative estimate of drug-likeness (QED) is 0.448. The molecule has 2 aromatic rings. The average molecular weight is 479 g/mol. The zero-order valence-electron chi connectivity index (χ0n) is 19.3. The largest absolute Gasteiger partial charge is 0.632 e. The fraction of sp³-hybridized carbons (Fsp3) is 0.542. The zero-order chi connectivity index (χ0) is 24.5. The van der Waals surface area contributed by atoms with Gasteiger partial charge in [0.2, 0.25) is 11.8 Å². The molecule has 1 aliphatic heterocycles. The summed E-state index contributed by atoms with van der Waals surface area (Å²) in [6, 6.07) is 2.92. The van der Waals surface area contributed by atoms with Crippen molar-refractivity contribution in [2.75, 3.05) is 11.9 Å². The van der Waals surface area contributed by atoms with Gasteiger partial charge in [-0.05, 0) is 38.8 Å². The van der Waals surface area contributed by atoms with Crippen molar-refractivity contribution >= 4 is 11.7 Å². The summed E-state index contributed by atoms with van der Waals surface area (Å²) >= 11 is 0. The first-order valence-electron chi connectivity index (χ1n) is 11.6. The van der Waals surface area contributed by atoms with Gasteiger partial charge in [-0.1, -0.05) is 19.3 Å². The molecule has 1 aliphatic carbocycles. The number of carbonyl (C=O) groups is 1. The zero-order valence-corrected chi connectivity index (χ0v) is 19.3. The Kier molecular flexibility index (Phi) is 6.82. The summed E-state index contributed by atoms with van der Waals surface area (Å²) in [6.07, 6.45) is 3.53. The Morgan fingerprint density at radius 3 is 2.68 bits per heavy atom. The highest BCUT2D eigenvalue weighted by Crippen LogP contribution is 2.41. The maximum atomic E-state index is 13.8. The van der Waals surface area contributed by atoms with E-state index in [-0.39, 0.29) is 30.8 Å². The molecule has 0 radical (unpaired) electrons. The Labute approximate surface area is 196 Å². The van der Waals surface area contributed by atoms with Gasteiger partial charge in [0.25, 0.3) is 0 Å². The lowest BCUT2D eigenvalue weighted by atomic mass is 9.88. The summed E-state index contributed by atoms with van der Waals surface area (Å²) < 4.78 is 41.5. The van der Waals surface area contributed by atoms with Gasteiger partial charge in [-0.2, -0.15) is 13.2 Å². The highest BCUT2D eigenvalue weighted by molar-refractivity contribution is 5.92. The van der Waals surface area contributed by atoms with E-state index in [1.54, 1.807) is 32.2 Å². The summed E-state index contributed by atoms with van der Waals surface area (Å²) in [4.78, 5) is 21.1. The molecule has 1 fully saturated rings. The first kappa shape index (κ1) is 24.4. The molecule has 1 N–H and O–H groups in total. The van der Waals surface area contributed by atoms with Gasteiger partial charge in [-0.15, -0.1) is 0 Å². The minimum absolute atomic E-state index is 0.0228. The third-order valence-electron chi connectivity index (χ3n) is 6.85. The van der Waals surface area contributed by atoms with Gasteiger partial charge < -0.3 is 19.9 Å². The Bertz CT molecular complexity index is 1060. The van der Waals surface area contributed by atoms with E-state index >= 15 is 0 Å². The van der Waals surface area contributed by atoms with Crippen LogP contribution in [0, 0.1) is 18.0 Å². The second-order valence-corrected chi connectivity index (χ2v) is 9.36. The maximum Gasteiger partial charge on any atom is 0.422 e. The maximum absolute atomic E-state index is 13.8. The van der Waals surface area contributed by atoms with E-state index in [2.05, 4.69) is 15.3 Å². The molecular weight excluding hydrogens is 449 g/mol. The SMILES string of the molecule is Cc1cc(C(C)[N+]2([O-])Cc3ccnc(NC(=O)C4CCCCC4)c3C2)cnc1OCC(F)(F)F. The number of aromatic nitrogens is 2. The predicted octanol–water partition coefficient (Wildman–Crippen LogP) is 5.33. The van der Waals surface area contributed by atoms with Gasteiger partial charge in [0.1, 0.15) is 24.9 Å². The highest BCUT2D eigenvalue weighted by atomic mass is 19.4. The van der Waals surface area contributed by atoms with Gasteiger partial charge in [-0.3, -0.25) is 4.79 Å². The van der Waals surface area contributed by atoms with Crippen LogP contribution in [-0.2, 0) is 17.9 Å². The number of fused-ring (bicyclic) bond motifs is 1. The lowest BCUT2D eigenvalue weighted by molar-refractivity contribution is -0.928. The molecule has 2 atom stereocenters. The molecular formula is C24H29F3N4O3. The van der Waals surface area contributed by atoms with Crippen molar-refractivity contribution in [1.82, 2.24) is 9.97 Å². The Balaban J connectivity index is 1.48. The standard InChI is InChI=1S/C24H29F3N4O3/c1-15-10-19(11-29-23(15)34-14-24(25,26)27)16(2)31(33)12-18-8-9-28-21(20(18)13-31)30-22(32)17-6-4-3-5-7-17/h8-11,16-17H,3-7,12-14H2,1-2H3,(H,28,30,32). The second-order valence-electron chi connectivity index (χ2n) is 9.36. The summed E-state index contributed by atoms with van der Waals surface area (Å²) in [5, 5.41) is 16.8. The van der Waals surface area contributed by atoms with Crippen molar-refractivity contribution < 1.29 is 27.3 Å². The van der Waals surface area contributed by atoms with Crippen LogP contribution < -0.4 is 10.1 Å². The number of alkyl halides is 3. The van der Waals surface area contributed by atoms with Crippen molar-refractivity contribution in [3.05, 3.63) is 52.0 Å². The van der Waals surface area contributed by atoms with Crippen LogP contribution in [0.4, 0.5) is 19.0 Å². The van der Waals surface area contributed by atoms with E-state index < -0.39 is 23.5 Å². The molecule has 4 rings (SSSR count). The number of pyridine rings is 2. The number of aryl methyl sites for hydroxylation is 1. The van der Waals surface area contributed by atoms with Crippen LogP contribution in [0.15, 0.2) is 24.5 Å². The first-order valence-corrected chi connectivity index (χ1v) is 11.6. The molecule has 2 unspecified atom stereocenters. The summed E-state index contributed by atoms with van der Waals surface area (Å²) in [6.45, 7) is 2.30. The van der Waals surface area contributed by atoms with Crippen molar-refractivity contribution in [1.29, 1.82) is 0 Å². The molecule has 0 bridgehead atoms. The van der Waals surface area contributed by atoms with Gasteiger partial charge in [0, 0.05) is 35.0 Å². The normalized spacial score (nSPS) is 21.7. The number of hydroxylamine groups is 3. The summed E-state index contributed by atoms with van der Waals surface area (Å²) in [5.74, 6) is 0.276. The number of amides is 1. The van der Waals surface area contributed by atoms with Crippen molar-refractivity contribution in [3.63, 3.8) is 0 Å². The van der Waals surface area contributed by atoms with E-state index in [1.165, 1.54) is 6.20 Å². The van der Waals surface area contributed by atoms with Crippen molar-refractivity contribution in [3.8, 4) is 5.88 Å². The van der Waals surface area contributed by atoms with Crippen LogP contribution in [0.3, 0.4) is 0 Å². The number of hydrogen-bond acceptors (Lipinski definition) is 5. The Hall–Kier alpha value is -2.72. The molecule has 0 spiro atoms. The fourth-order valence-electron chi connectivity index (χ4n) is 4.82. The van der Waals surface area contributed by atoms with Crippen molar-refractivity contribution in [2.45, 2.75) is 71.3 Å². The van der Waals surface area contributed by atoms with Crippen LogP contribution in [0.2, 0.25) is 0 Å². The molecule has 10 heteroatoms. The van der Waals surface area contributed by atoms with E-state index in [0.717, 1.165) is 43.2 Å². The van der Waals surface area contributed by atoms with Gasteiger partial charge in [-0.25, -0.2) is 9.97 Å². The molecule has 0 saturated heterocycles. The highest BCUT2D eigenvalue weighted by Gasteiger charge is 2.37. The average Bonchev–Trinajstić information content (AvgIpc) is 3.16. The number of quaternary nitrogens is 1. The molecule has 7 nitrogen and oxygen atoms in total. The monoisotopic (exact) mass is 478 g/mol. The number of anilines is 1. The Morgan fingerprint density at radius 2 is 2.00 bits per heavy atom. The number of carbonyl (C=O) groups excluding carboxylic acids is 1. The molecule has 2 aliphatic rings.